The topological polar surface area (TPSA) is 49.9 Å². The van der Waals surface area contributed by atoms with Crippen molar-refractivity contribution in [3.63, 3.8) is 0 Å². The van der Waals surface area contributed by atoms with Crippen molar-refractivity contribution in [3.05, 3.63) is 45.2 Å². The molecule has 4 heteroatoms. The SMILES string of the molecule is CC.CC.O=Cc1cc2ccc(Cl)cc2[nH]c1=O. The van der Waals surface area contributed by atoms with E-state index in [1.807, 2.05) is 27.7 Å². The first-order valence-electron chi connectivity index (χ1n) is 5.98. The lowest BCUT2D eigenvalue weighted by Crippen LogP contribution is -2.11. The molecule has 0 aliphatic heterocycles. The molecule has 1 aromatic carbocycles. The minimum Gasteiger partial charge on any atom is -0.321 e. The van der Waals surface area contributed by atoms with Gasteiger partial charge in [-0.05, 0) is 23.6 Å². The van der Waals surface area contributed by atoms with E-state index in [0.717, 1.165) is 5.39 Å². The van der Waals surface area contributed by atoms with Crippen LogP contribution in [0.5, 0.6) is 0 Å². The lowest BCUT2D eigenvalue weighted by molar-refractivity contribution is 0.112. The molecule has 0 aliphatic carbocycles. The van der Waals surface area contributed by atoms with Crippen LogP contribution in [0.3, 0.4) is 0 Å². The molecule has 0 aliphatic rings. The van der Waals surface area contributed by atoms with Gasteiger partial charge in [-0.25, -0.2) is 0 Å². The maximum atomic E-state index is 11.2. The Morgan fingerprint density at radius 1 is 1.11 bits per heavy atom. The molecule has 2 rings (SSSR count). The average molecular weight is 268 g/mol. The van der Waals surface area contributed by atoms with Gasteiger partial charge in [0.2, 0.25) is 0 Å². The van der Waals surface area contributed by atoms with E-state index in [0.29, 0.717) is 16.8 Å². The van der Waals surface area contributed by atoms with E-state index in [9.17, 15) is 9.59 Å². The Balaban J connectivity index is 0.000000659. The Labute approximate surface area is 112 Å². The van der Waals surface area contributed by atoms with Crippen molar-refractivity contribution in [2.75, 3.05) is 0 Å². The van der Waals surface area contributed by atoms with E-state index in [-0.39, 0.29) is 5.56 Å². The Bertz CT molecular complexity index is 561. The quantitative estimate of drug-likeness (QED) is 0.793. The summed E-state index contributed by atoms with van der Waals surface area (Å²) in [4.78, 5) is 24.3. The lowest BCUT2D eigenvalue weighted by atomic mass is 10.2. The number of fused-ring (bicyclic) bond motifs is 1. The zero-order valence-electron chi connectivity index (χ0n) is 11.1. The first kappa shape index (κ1) is 16.4. The maximum Gasteiger partial charge on any atom is 0.259 e. The number of nitrogens with one attached hydrogen (secondary N) is 1. The summed E-state index contributed by atoms with van der Waals surface area (Å²) in [6, 6.07) is 6.64. The second kappa shape index (κ2) is 8.48. The van der Waals surface area contributed by atoms with Gasteiger partial charge in [0.15, 0.2) is 6.29 Å². The van der Waals surface area contributed by atoms with Crippen molar-refractivity contribution < 1.29 is 4.79 Å². The van der Waals surface area contributed by atoms with Crippen LogP contribution in [0.25, 0.3) is 10.9 Å². The molecule has 98 valence electrons. The van der Waals surface area contributed by atoms with Gasteiger partial charge in [-0.1, -0.05) is 45.4 Å². The molecular weight excluding hydrogens is 250 g/mol. The number of aromatic amines is 1. The maximum absolute atomic E-state index is 11.2. The molecule has 2 aromatic rings. The minimum atomic E-state index is -0.394. The van der Waals surface area contributed by atoms with Gasteiger partial charge in [-0.15, -0.1) is 0 Å². The van der Waals surface area contributed by atoms with Crippen molar-refractivity contribution >= 4 is 28.8 Å². The van der Waals surface area contributed by atoms with Gasteiger partial charge in [0.05, 0.1) is 5.56 Å². The highest BCUT2D eigenvalue weighted by atomic mass is 35.5. The van der Waals surface area contributed by atoms with Crippen LogP contribution >= 0.6 is 11.6 Å². The molecule has 0 fully saturated rings. The highest BCUT2D eigenvalue weighted by molar-refractivity contribution is 6.31. The number of aldehydes is 1. The van der Waals surface area contributed by atoms with E-state index in [4.69, 9.17) is 11.6 Å². The van der Waals surface area contributed by atoms with Crippen molar-refractivity contribution in [3.8, 4) is 0 Å². The normalized spacial score (nSPS) is 8.72. The first-order chi connectivity index (χ1) is 8.70. The zero-order chi connectivity index (χ0) is 14.1. The molecule has 18 heavy (non-hydrogen) atoms. The third-order valence-corrected chi connectivity index (χ3v) is 2.20. The average Bonchev–Trinajstić information content (AvgIpc) is 2.42. The lowest BCUT2D eigenvalue weighted by Gasteiger charge is -1.98. The monoisotopic (exact) mass is 267 g/mol. The van der Waals surface area contributed by atoms with Gasteiger partial charge in [-0.3, -0.25) is 9.59 Å². The first-order valence-corrected chi connectivity index (χ1v) is 6.36. The van der Waals surface area contributed by atoms with Gasteiger partial charge in [0, 0.05) is 10.5 Å². The molecule has 1 aromatic heterocycles. The number of hydrogen-bond donors (Lipinski definition) is 1. The Morgan fingerprint density at radius 3 is 2.28 bits per heavy atom. The molecule has 0 amide bonds. The van der Waals surface area contributed by atoms with Crippen LogP contribution in [0.1, 0.15) is 38.1 Å². The molecule has 0 atom stereocenters. The van der Waals surface area contributed by atoms with E-state index in [1.165, 1.54) is 6.07 Å². The largest absolute Gasteiger partial charge is 0.321 e. The second-order valence-corrected chi connectivity index (χ2v) is 3.34. The molecule has 0 saturated carbocycles. The van der Waals surface area contributed by atoms with Crippen LogP contribution in [0, 0.1) is 0 Å². The van der Waals surface area contributed by atoms with E-state index in [2.05, 4.69) is 4.98 Å². The number of halogens is 1. The number of pyridine rings is 1. The molecule has 1 heterocycles. The molecule has 0 saturated heterocycles. The Kier molecular flexibility index (Phi) is 7.72. The van der Waals surface area contributed by atoms with Gasteiger partial charge in [0.1, 0.15) is 0 Å². The van der Waals surface area contributed by atoms with Gasteiger partial charge >= 0.3 is 0 Å². The van der Waals surface area contributed by atoms with Gasteiger partial charge in [0.25, 0.3) is 5.56 Å². The highest BCUT2D eigenvalue weighted by Gasteiger charge is 2.01. The number of carbonyl (C=O) groups is 1. The van der Waals surface area contributed by atoms with Crippen molar-refractivity contribution in [2.45, 2.75) is 27.7 Å². The van der Waals surface area contributed by atoms with Gasteiger partial charge < -0.3 is 4.98 Å². The fourth-order valence-corrected chi connectivity index (χ4v) is 1.45. The predicted molar refractivity (Wildman–Crippen MR) is 77.7 cm³/mol. The summed E-state index contributed by atoms with van der Waals surface area (Å²) in [7, 11) is 0. The second-order valence-electron chi connectivity index (χ2n) is 2.90. The van der Waals surface area contributed by atoms with Crippen LogP contribution in [0.2, 0.25) is 5.02 Å². The van der Waals surface area contributed by atoms with Crippen LogP contribution in [-0.4, -0.2) is 11.3 Å². The van der Waals surface area contributed by atoms with E-state index in [1.54, 1.807) is 18.2 Å². The molecule has 1 N–H and O–H groups in total. The number of carbonyl (C=O) groups excluding carboxylic acids is 1. The summed E-state index contributed by atoms with van der Waals surface area (Å²) in [6.45, 7) is 8.00. The summed E-state index contributed by atoms with van der Waals surface area (Å²) in [5, 5.41) is 1.34. The number of rotatable bonds is 1. The van der Waals surface area contributed by atoms with Crippen molar-refractivity contribution in [2.24, 2.45) is 0 Å². The van der Waals surface area contributed by atoms with Crippen molar-refractivity contribution in [1.82, 2.24) is 4.98 Å². The molecule has 0 unspecified atom stereocenters. The standard InChI is InChI=1S/C10H6ClNO2.2C2H6/c11-8-2-1-6-3-7(5-13)10(14)12-9(6)4-8;2*1-2/h1-5H,(H,12,14);2*1-2H3. The fraction of sp³-hybridized carbons (Fsp3) is 0.286. The fourth-order valence-electron chi connectivity index (χ4n) is 1.28. The summed E-state index contributed by atoms with van der Waals surface area (Å²) in [5.41, 5.74) is 0.364. The number of benzene rings is 1. The Hall–Kier alpha value is -1.61. The Morgan fingerprint density at radius 2 is 1.72 bits per heavy atom. The zero-order valence-corrected chi connectivity index (χ0v) is 11.8. The highest BCUT2D eigenvalue weighted by Crippen LogP contribution is 2.16. The predicted octanol–water partition coefficient (Wildman–Crippen LogP) is 4.05. The van der Waals surface area contributed by atoms with E-state index < -0.39 is 5.56 Å². The molecule has 0 radical (unpaired) electrons. The molecular formula is C14H18ClNO2. The molecule has 0 spiro atoms. The van der Waals surface area contributed by atoms with Crippen LogP contribution < -0.4 is 5.56 Å². The molecule has 0 bridgehead atoms. The minimum absolute atomic E-state index is 0.125. The summed E-state index contributed by atoms with van der Waals surface area (Å²) in [5.74, 6) is 0. The number of H-pyrrole nitrogens is 1. The van der Waals surface area contributed by atoms with E-state index >= 15 is 0 Å². The van der Waals surface area contributed by atoms with Crippen molar-refractivity contribution in [1.29, 1.82) is 0 Å². The smallest absolute Gasteiger partial charge is 0.259 e. The molecule has 3 nitrogen and oxygen atoms in total. The summed E-state index contributed by atoms with van der Waals surface area (Å²) >= 11 is 5.75. The number of aromatic nitrogens is 1. The third kappa shape index (κ3) is 4.00. The van der Waals surface area contributed by atoms with Crippen LogP contribution in [0.4, 0.5) is 0 Å². The summed E-state index contributed by atoms with van der Waals surface area (Å²) in [6.07, 6.45) is 0.535. The van der Waals surface area contributed by atoms with Crippen LogP contribution in [-0.2, 0) is 0 Å². The van der Waals surface area contributed by atoms with Gasteiger partial charge in [-0.2, -0.15) is 0 Å². The van der Waals surface area contributed by atoms with Crippen LogP contribution in [0.15, 0.2) is 29.1 Å². The third-order valence-electron chi connectivity index (χ3n) is 1.96. The number of hydrogen-bond acceptors (Lipinski definition) is 2. The summed E-state index contributed by atoms with van der Waals surface area (Å²) < 4.78 is 0.